The van der Waals surface area contributed by atoms with Gasteiger partial charge in [0.25, 0.3) is 0 Å². The zero-order valence-corrected chi connectivity index (χ0v) is 15.2. The van der Waals surface area contributed by atoms with E-state index in [2.05, 4.69) is 4.98 Å². The molecule has 0 amide bonds. The molecule has 0 spiro atoms. The Balaban J connectivity index is 1.73. The zero-order valence-electron chi connectivity index (χ0n) is 13.6. The summed E-state index contributed by atoms with van der Waals surface area (Å²) < 4.78 is 55.5. The van der Waals surface area contributed by atoms with Crippen molar-refractivity contribution in [2.24, 2.45) is 0 Å². The van der Waals surface area contributed by atoms with Gasteiger partial charge in [-0.15, -0.1) is 0 Å². The Kier molecular flexibility index (Phi) is 4.81. The molecule has 0 radical (unpaired) electrons. The van der Waals surface area contributed by atoms with Crippen molar-refractivity contribution in [2.45, 2.75) is 22.3 Å². The summed E-state index contributed by atoms with van der Waals surface area (Å²) in [5, 5.41) is 0. The third kappa shape index (κ3) is 4.00. The molecule has 1 aliphatic heterocycles. The molecule has 1 saturated heterocycles. The van der Waals surface area contributed by atoms with E-state index in [4.69, 9.17) is 4.74 Å². The predicted octanol–water partition coefficient (Wildman–Crippen LogP) is 1.33. The average molecular weight is 382 g/mol. The van der Waals surface area contributed by atoms with Gasteiger partial charge in [0.05, 0.1) is 22.5 Å². The van der Waals surface area contributed by atoms with Crippen LogP contribution in [0.4, 0.5) is 0 Å². The van der Waals surface area contributed by atoms with Crippen molar-refractivity contribution in [1.82, 2.24) is 9.29 Å². The minimum Gasteiger partial charge on any atom is -0.487 e. The number of ether oxygens (including phenoxy) is 1. The molecule has 7 nitrogen and oxygen atoms in total. The number of benzene rings is 1. The topological polar surface area (TPSA) is 93.6 Å². The number of pyridine rings is 1. The van der Waals surface area contributed by atoms with Crippen LogP contribution in [0.5, 0.6) is 5.75 Å². The lowest BCUT2D eigenvalue weighted by molar-refractivity contribution is 0.214. The highest BCUT2D eigenvalue weighted by Gasteiger charge is 2.33. The second-order valence-electron chi connectivity index (χ2n) is 5.82. The first-order chi connectivity index (χ1) is 11.8. The van der Waals surface area contributed by atoms with Gasteiger partial charge in [0.2, 0.25) is 10.0 Å². The van der Waals surface area contributed by atoms with Crippen LogP contribution in [0.2, 0.25) is 0 Å². The van der Waals surface area contributed by atoms with Gasteiger partial charge in [-0.2, -0.15) is 4.31 Å². The standard InChI is InChI=1S/C16H18N2O5S2/c1-24(19,20)15-4-6-16(7-5-15)25(21,22)18-10-8-14(12-18)23-13-3-2-9-17-11-13/h2-7,9,11,14H,8,10,12H2,1H3/t14-/m1/s1. The highest BCUT2D eigenvalue weighted by atomic mass is 32.2. The Morgan fingerprint density at radius 2 is 1.76 bits per heavy atom. The summed E-state index contributed by atoms with van der Waals surface area (Å²) in [5.74, 6) is 0.601. The summed E-state index contributed by atoms with van der Waals surface area (Å²) >= 11 is 0. The van der Waals surface area contributed by atoms with Gasteiger partial charge in [-0.05, 0) is 42.8 Å². The fourth-order valence-corrected chi connectivity index (χ4v) is 4.75. The Bertz CT molecular complexity index is 942. The molecular formula is C16H18N2O5S2. The predicted molar refractivity (Wildman–Crippen MR) is 91.6 cm³/mol. The molecule has 0 N–H and O–H groups in total. The van der Waals surface area contributed by atoms with Crippen LogP contribution >= 0.6 is 0 Å². The van der Waals surface area contributed by atoms with E-state index in [9.17, 15) is 16.8 Å². The normalized spacial score (nSPS) is 19.0. The monoisotopic (exact) mass is 382 g/mol. The fourth-order valence-electron chi connectivity index (χ4n) is 2.63. The Hall–Kier alpha value is -1.97. The molecule has 134 valence electrons. The molecule has 2 aromatic rings. The molecule has 1 aromatic heterocycles. The van der Waals surface area contributed by atoms with Gasteiger partial charge in [0.1, 0.15) is 11.9 Å². The van der Waals surface area contributed by atoms with Crippen molar-refractivity contribution >= 4 is 19.9 Å². The van der Waals surface area contributed by atoms with Gasteiger partial charge < -0.3 is 4.74 Å². The highest BCUT2D eigenvalue weighted by molar-refractivity contribution is 7.90. The molecular weight excluding hydrogens is 364 g/mol. The van der Waals surface area contributed by atoms with Crippen LogP contribution in [-0.4, -0.2) is 51.6 Å². The van der Waals surface area contributed by atoms with Crippen molar-refractivity contribution in [2.75, 3.05) is 19.3 Å². The molecule has 2 heterocycles. The molecule has 1 atom stereocenters. The van der Waals surface area contributed by atoms with Gasteiger partial charge >= 0.3 is 0 Å². The summed E-state index contributed by atoms with van der Waals surface area (Å²) in [6, 6.07) is 8.78. The molecule has 0 unspecified atom stereocenters. The lowest BCUT2D eigenvalue weighted by Crippen LogP contribution is -2.31. The number of nitrogens with zero attached hydrogens (tertiary/aromatic N) is 2. The van der Waals surface area contributed by atoms with E-state index in [1.807, 2.05) is 0 Å². The number of rotatable bonds is 5. The Morgan fingerprint density at radius 3 is 2.36 bits per heavy atom. The van der Waals surface area contributed by atoms with Gasteiger partial charge in [-0.1, -0.05) is 0 Å². The Labute approximate surface area is 147 Å². The minimum atomic E-state index is -3.68. The second-order valence-corrected chi connectivity index (χ2v) is 9.78. The SMILES string of the molecule is CS(=O)(=O)c1ccc(S(=O)(=O)N2CC[C@@H](Oc3cccnc3)C2)cc1. The number of sulfone groups is 1. The lowest BCUT2D eigenvalue weighted by atomic mass is 10.3. The first-order valence-corrected chi connectivity index (χ1v) is 11.0. The van der Waals surface area contributed by atoms with E-state index < -0.39 is 19.9 Å². The van der Waals surface area contributed by atoms with Crippen LogP contribution in [0.25, 0.3) is 0 Å². The molecule has 1 aromatic carbocycles. The maximum Gasteiger partial charge on any atom is 0.243 e. The van der Waals surface area contributed by atoms with Crippen molar-refractivity contribution < 1.29 is 21.6 Å². The average Bonchev–Trinajstić information content (AvgIpc) is 3.04. The van der Waals surface area contributed by atoms with Crippen molar-refractivity contribution in [3.63, 3.8) is 0 Å². The number of hydrogen-bond acceptors (Lipinski definition) is 6. The lowest BCUT2D eigenvalue weighted by Gasteiger charge is -2.17. The van der Waals surface area contributed by atoms with Gasteiger partial charge in [-0.3, -0.25) is 4.98 Å². The van der Waals surface area contributed by atoms with E-state index in [-0.39, 0.29) is 22.4 Å². The van der Waals surface area contributed by atoms with E-state index in [0.29, 0.717) is 18.7 Å². The van der Waals surface area contributed by atoms with Crippen LogP contribution in [-0.2, 0) is 19.9 Å². The Morgan fingerprint density at radius 1 is 1.08 bits per heavy atom. The quantitative estimate of drug-likeness (QED) is 0.774. The maximum absolute atomic E-state index is 12.7. The molecule has 0 bridgehead atoms. The van der Waals surface area contributed by atoms with E-state index in [0.717, 1.165) is 6.26 Å². The van der Waals surface area contributed by atoms with Gasteiger partial charge in [-0.25, -0.2) is 16.8 Å². The molecule has 0 saturated carbocycles. The van der Waals surface area contributed by atoms with E-state index in [1.165, 1.54) is 28.6 Å². The van der Waals surface area contributed by atoms with Gasteiger partial charge in [0, 0.05) is 19.0 Å². The summed E-state index contributed by atoms with van der Waals surface area (Å²) in [6.07, 6.45) is 4.64. The summed E-state index contributed by atoms with van der Waals surface area (Å²) in [4.78, 5) is 4.12. The van der Waals surface area contributed by atoms with Crippen LogP contribution in [0.1, 0.15) is 6.42 Å². The fraction of sp³-hybridized carbons (Fsp3) is 0.312. The van der Waals surface area contributed by atoms with Crippen molar-refractivity contribution in [1.29, 1.82) is 0 Å². The van der Waals surface area contributed by atoms with Crippen LogP contribution in [0, 0.1) is 0 Å². The summed E-state index contributed by atoms with van der Waals surface area (Å²) in [7, 11) is -7.05. The third-order valence-corrected chi connectivity index (χ3v) is 6.94. The number of sulfonamides is 1. The molecule has 1 aliphatic rings. The number of hydrogen-bond donors (Lipinski definition) is 0. The summed E-state index contributed by atoms with van der Waals surface area (Å²) in [6.45, 7) is 0.589. The van der Waals surface area contributed by atoms with Crippen molar-refractivity contribution in [3.05, 3.63) is 48.8 Å². The highest BCUT2D eigenvalue weighted by Crippen LogP contribution is 2.24. The largest absolute Gasteiger partial charge is 0.487 e. The van der Waals surface area contributed by atoms with Crippen molar-refractivity contribution in [3.8, 4) is 5.75 Å². The summed E-state index contributed by atoms with van der Waals surface area (Å²) in [5.41, 5.74) is 0. The van der Waals surface area contributed by atoms with E-state index in [1.54, 1.807) is 24.5 Å². The number of aromatic nitrogens is 1. The molecule has 3 rings (SSSR count). The molecule has 1 fully saturated rings. The molecule has 9 heteroatoms. The van der Waals surface area contributed by atoms with E-state index >= 15 is 0 Å². The van der Waals surface area contributed by atoms with Crippen LogP contribution in [0.3, 0.4) is 0 Å². The smallest absolute Gasteiger partial charge is 0.243 e. The minimum absolute atomic E-state index is 0.0712. The van der Waals surface area contributed by atoms with Crippen LogP contribution < -0.4 is 4.74 Å². The van der Waals surface area contributed by atoms with Crippen LogP contribution in [0.15, 0.2) is 58.6 Å². The zero-order chi connectivity index (χ0) is 18.1. The first-order valence-electron chi connectivity index (χ1n) is 7.64. The van der Waals surface area contributed by atoms with Gasteiger partial charge in [0.15, 0.2) is 9.84 Å². The molecule has 0 aliphatic carbocycles. The third-order valence-electron chi connectivity index (χ3n) is 3.93. The second kappa shape index (κ2) is 6.74. The molecule has 25 heavy (non-hydrogen) atoms. The first kappa shape index (κ1) is 17.8. The maximum atomic E-state index is 12.7.